The van der Waals surface area contributed by atoms with Gasteiger partial charge in [0.2, 0.25) is 0 Å². The maximum atomic E-state index is 8.29. The van der Waals surface area contributed by atoms with E-state index in [1.807, 2.05) is 6.08 Å². The van der Waals surface area contributed by atoms with Crippen LogP contribution in [0.5, 0.6) is 0 Å². The lowest BCUT2D eigenvalue weighted by atomic mass is 9.87. The molecule has 2 aromatic carbocycles. The summed E-state index contributed by atoms with van der Waals surface area (Å²) in [5.41, 5.74) is 11.5. The number of likely N-dealkylation sites (tertiary alicyclic amines) is 1. The van der Waals surface area contributed by atoms with E-state index in [1.165, 1.54) is 35.9 Å². The van der Waals surface area contributed by atoms with E-state index in [0.717, 1.165) is 60.7 Å². The molecule has 0 atom stereocenters. The van der Waals surface area contributed by atoms with Crippen LogP contribution in [0.2, 0.25) is 0 Å². The fourth-order valence-electron chi connectivity index (χ4n) is 4.76. The molecule has 2 aromatic rings. The molecule has 2 heterocycles. The van der Waals surface area contributed by atoms with Gasteiger partial charge in [0.1, 0.15) is 5.84 Å². The van der Waals surface area contributed by atoms with Crippen LogP contribution in [-0.4, -0.2) is 43.5 Å². The third kappa shape index (κ3) is 4.88. The van der Waals surface area contributed by atoms with Gasteiger partial charge in [0.25, 0.3) is 0 Å². The number of hydrogen-bond donors (Lipinski definition) is 4. The Hall–Kier alpha value is -2.12. The molecule has 2 saturated heterocycles. The third-order valence-electron chi connectivity index (χ3n) is 6.70. The Morgan fingerprint density at radius 1 is 1.16 bits per heavy atom. The van der Waals surface area contributed by atoms with Gasteiger partial charge < -0.3 is 11.1 Å². The molecule has 0 saturated carbocycles. The monoisotopic (exact) mass is 435 g/mol. The average molecular weight is 436 g/mol. The van der Waals surface area contributed by atoms with Crippen molar-refractivity contribution in [2.24, 2.45) is 16.8 Å². The highest BCUT2D eigenvalue weighted by molar-refractivity contribution is 7.97. The number of benzene rings is 2. The Morgan fingerprint density at radius 2 is 1.87 bits per heavy atom. The van der Waals surface area contributed by atoms with Crippen LogP contribution in [-0.2, 0) is 6.42 Å². The number of hydrogen-bond acceptors (Lipinski definition) is 5. The van der Waals surface area contributed by atoms with Gasteiger partial charge in [-0.15, -0.1) is 6.58 Å². The summed E-state index contributed by atoms with van der Waals surface area (Å²) in [5, 5.41) is 17.7. The van der Waals surface area contributed by atoms with E-state index in [1.54, 1.807) is 0 Å². The van der Waals surface area contributed by atoms with E-state index < -0.39 is 0 Å². The number of nitrogens with two attached hydrogens (primary N) is 2. The van der Waals surface area contributed by atoms with Crippen molar-refractivity contribution in [1.82, 2.24) is 10.2 Å². The molecule has 31 heavy (non-hydrogen) atoms. The van der Waals surface area contributed by atoms with E-state index in [2.05, 4.69) is 53.2 Å². The highest BCUT2D eigenvalue weighted by Gasteiger charge is 2.23. The van der Waals surface area contributed by atoms with E-state index in [4.69, 9.17) is 16.3 Å². The molecule has 0 aromatic heterocycles. The van der Waals surface area contributed by atoms with Crippen LogP contribution in [0.25, 0.3) is 11.1 Å². The van der Waals surface area contributed by atoms with Crippen LogP contribution in [0.1, 0.15) is 35.4 Å². The summed E-state index contributed by atoms with van der Waals surface area (Å²) < 4.78 is 0. The molecule has 0 unspecified atom stereocenters. The summed E-state index contributed by atoms with van der Waals surface area (Å²) in [6.07, 6.45) is 5.32. The molecule has 5 nitrogen and oxygen atoms in total. The normalized spacial score (nSPS) is 18.0. The molecule has 0 radical (unpaired) electrons. The Morgan fingerprint density at radius 3 is 2.42 bits per heavy atom. The Kier molecular flexibility index (Phi) is 7.13. The molecule has 4 rings (SSSR count). The van der Waals surface area contributed by atoms with Crippen LogP contribution in [0.3, 0.4) is 0 Å². The minimum atomic E-state index is 0.0814. The van der Waals surface area contributed by atoms with Crippen molar-refractivity contribution in [3.63, 3.8) is 0 Å². The average Bonchev–Trinajstić information content (AvgIpc) is 2.74. The smallest absolute Gasteiger partial charge is 0.124 e. The lowest BCUT2D eigenvalue weighted by molar-refractivity contribution is 0.200. The van der Waals surface area contributed by atoms with Crippen LogP contribution in [0, 0.1) is 11.3 Å². The third-order valence-corrected chi connectivity index (χ3v) is 7.41. The molecular formula is C25H33N5S. The van der Waals surface area contributed by atoms with Gasteiger partial charge in [0.05, 0.1) is 0 Å². The lowest BCUT2D eigenvalue weighted by Crippen LogP contribution is -2.39. The molecule has 2 aliphatic heterocycles. The largest absolute Gasteiger partial charge is 0.384 e. The zero-order valence-electron chi connectivity index (χ0n) is 18.1. The number of piperidine rings is 1. The van der Waals surface area contributed by atoms with E-state index in [0.29, 0.717) is 11.8 Å². The highest BCUT2D eigenvalue weighted by atomic mass is 32.2. The van der Waals surface area contributed by atoms with Crippen LogP contribution in [0.15, 0.2) is 53.9 Å². The molecule has 0 bridgehead atoms. The van der Waals surface area contributed by atoms with Gasteiger partial charge in [0, 0.05) is 36.0 Å². The number of nitrogen functional groups attached to an aromatic ring is 1. The first-order chi connectivity index (χ1) is 15.1. The Balaban J connectivity index is 1.58. The first-order valence-corrected chi connectivity index (χ1v) is 12.0. The SMILES string of the molecule is C=CCN1CCC(Cc2ccc(-c3ccc(C4CNC4)cc3)c(C(=N)N)c2SN)CC1. The zero-order chi connectivity index (χ0) is 21.8. The second kappa shape index (κ2) is 10.0. The molecule has 0 amide bonds. The van der Waals surface area contributed by atoms with Crippen molar-refractivity contribution in [1.29, 1.82) is 5.41 Å². The van der Waals surface area contributed by atoms with Gasteiger partial charge >= 0.3 is 0 Å². The van der Waals surface area contributed by atoms with E-state index in [-0.39, 0.29) is 5.84 Å². The molecule has 2 fully saturated rings. The first-order valence-electron chi connectivity index (χ1n) is 11.1. The maximum absolute atomic E-state index is 8.29. The zero-order valence-corrected chi connectivity index (χ0v) is 18.9. The van der Waals surface area contributed by atoms with Gasteiger partial charge in [-0.1, -0.05) is 42.5 Å². The number of nitrogens with one attached hydrogen (secondary N) is 2. The van der Waals surface area contributed by atoms with Crippen molar-refractivity contribution >= 4 is 17.8 Å². The predicted molar refractivity (Wildman–Crippen MR) is 132 cm³/mol. The Bertz CT molecular complexity index is 928. The molecule has 0 spiro atoms. The number of rotatable bonds is 8. The topological polar surface area (TPSA) is 91.2 Å². The summed E-state index contributed by atoms with van der Waals surface area (Å²) in [7, 11) is 0. The van der Waals surface area contributed by atoms with Gasteiger partial charge in [-0.05, 0) is 72.5 Å². The summed E-state index contributed by atoms with van der Waals surface area (Å²) in [4.78, 5) is 3.40. The minimum absolute atomic E-state index is 0.0814. The van der Waals surface area contributed by atoms with Crippen molar-refractivity contribution in [3.8, 4) is 11.1 Å². The standard InChI is InChI=1S/C25H33N5S/c1-2-11-30-12-9-17(10-13-30)14-20-7-8-22(23(25(26)27)24(20)31-28)19-5-3-18(4-6-19)21-15-29-16-21/h2-8,17,21,29H,1,9-16,28H2,(H3,26,27). The fraction of sp³-hybridized carbons (Fsp3) is 0.400. The first kappa shape index (κ1) is 22.1. The fourth-order valence-corrected chi connectivity index (χ4v) is 5.40. The van der Waals surface area contributed by atoms with Crippen LogP contribution < -0.4 is 16.2 Å². The van der Waals surface area contributed by atoms with Crippen molar-refractivity contribution in [3.05, 3.63) is 65.7 Å². The Labute approximate surface area is 189 Å². The maximum Gasteiger partial charge on any atom is 0.124 e. The quantitative estimate of drug-likeness (QED) is 0.219. The van der Waals surface area contributed by atoms with Gasteiger partial charge in [0.15, 0.2) is 0 Å². The highest BCUT2D eigenvalue weighted by Crippen LogP contribution is 2.35. The molecule has 2 aliphatic rings. The van der Waals surface area contributed by atoms with Crippen molar-refractivity contribution in [2.45, 2.75) is 30.1 Å². The molecule has 164 valence electrons. The van der Waals surface area contributed by atoms with Crippen molar-refractivity contribution in [2.75, 3.05) is 32.7 Å². The van der Waals surface area contributed by atoms with Gasteiger partial charge in [-0.2, -0.15) is 0 Å². The molecule has 0 aliphatic carbocycles. The van der Waals surface area contributed by atoms with E-state index >= 15 is 0 Å². The van der Waals surface area contributed by atoms with Gasteiger partial charge in [-0.3, -0.25) is 15.4 Å². The summed E-state index contributed by atoms with van der Waals surface area (Å²) in [6.45, 7) is 9.14. The second-order valence-corrected chi connectivity index (χ2v) is 9.37. The summed E-state index contributed by atoms with van der Waals surface area (Å²) >= 11 is 1.22. The number of amidine groups is 1. The molecular weight excluding hydrogens is 402 g/mol. The van der Waals surface area contributed by atoms with E-state index in [9.17, 15) is 0 Å². The van der Waals surface area contributed by atoms with Crippen LogP contribution >= 0.6 is 11.9 Å². The number of nitrogens with zero attached hydrogens (tertiary/aromatic N) is 1. The van der Waals surface area contributed by atoms with Crippen molar-refractivity contribution < 1.29 is 0 Å². The summed E-state index contributed by atoms with van der Waals surface area (Å²) in [6, 6.07) is 13.0. The molecule has 6 N–H and O–H groups in total. The van der Waals surface area contributed by atoms with Crippen LogP contribution in [0.4, 0.5) is 0 Å². The lowest BCUT2D eigenvalue weighted by Gasteiger charge is -2.31. The van der Waals surface area contributed by atoms with Gasteiger partial charge in [-0.25, -0.2) is 0 Å². The predicted octanol–water partition coefficient (Wildman–Crippen LogP) is 3.73. The minimum Gasteiger partial charge on any atom is -0.384 e. The second-order valence-electron chi connectivity index (χ2n) is 8.72. The molecule has 6 heteroatoms. The summed E-state index contributed by atoms with van der Waals surface area (Å²) in [5.74, 6) is 1.32.